The molecule has 0 bridgehead atoms. The van der Waals surface area contributed by atoms with E-state index in [0.29, 0.717) is 12.5 Å². The summed E-state index contributed by atoms with van der Waals surface area (Å²) in [6, 6.07) is 8.56. The van der Waals surface area contributed by atoms with Crippen LogP contribution in [0.2, 0.25) is 0 Å². The van der Waals surface area contributed by atoms with Gasteiger partial charge >= 0.3 is 0 Å². The summed E-state index contributed by atoms with van der Waals surface area (Å²) in [7, 11) is 3.32. The van der Waals surface area contributed by atoms with Crippen molar-refractivity contribution in [2.24, 2.45) is 0 Å². The number of ether oxygens (including phenoxy) is 2. The Labute approximate surface area is 210 Å². The lowest BCUT2D eigenvalue weighted by atomic mass is 9.95. The summed E-state index contributed by atoms with van der Waals surface area (Å²) in [5.74, 6) is 3.93. The van der Waals surface area contributed by atoms with Crippen molar-refractivity contribution < 1.29 is 9.47 Å². The van der Waals surface area contributed by atoms with Gasteiger partial charge in [-0.1, -0.05) is 37.1 Å². The number of rotatable bonds is 8. The van der Waals surface area contributed by atoms with E-state index in [1.807, 2.05) is 19.1 Å². The third-order valence-electron chi connectivity index (χ3n) is 6.65. The molecule has 5 rings (SSSR count). The molecule has 1 aliphatic carbocycles. The fourth-order valence-corrected chi connectivity index (χ4v) is 5.84. The van der Waals surface area contributed by atoms with Crippen molar-refractivity contribution in [1.29, 1.82) is 0 Å². The van der Waals surface area contributed by atoms with E-state index in [1.54, 1.807) is 26.0 Å². The molecule has 0 unspecified atom stereocenters. The first-order chi connectivity index (χ1) is 17.1. The molecule has 0 aliphatic heterocycles. The van der Waals surface area contributed by atoms with Gasteiger partial charge in [0.15, 0.2) is 16.7 Å². The molecule has 184 valence electrons. The number of methoxy groups -OCH3 is 2. The summed E-state index contributed by atoms with van der Waals surface area (Å²) < 4.78 is 15.3. The van der Waals surface area contributed by atoms with Crippen molar-refractivity contribution in [3.8, 4) is 11.5 Å². The van der Waals surface area contributed by atoms with E-state index >= 15 is 0 Å². The van der Waals surface area contributed by atoms with Crippen molar-refractivity contribution in [1.82, 2.24) is 29.1 Å². The number of benzene rings is 1. The van der Waals surface area contributed by atoms with Crippen LogP contribution in [0.15, 0.2) is 35.6 Å². The Kier molecular flexibility index (Phi) is 6.95. The summed E-state index contributed by atoms with van der Waals surface area (Å²) in [4.78, 5) is 9.32. The molecule has 0 N–H and O–H groups in total. The topological polar surface area (TPSA) is 79.4 Å². The van der Waals surface area contributed by atoms with E-state index in [1.165, 1.54) is 32.1 Å². The Morgan fingerprint density at radius 1 is 0.971 bits per heavy atom. The minimum absolute atomic E-state index is 0.434. The molecule has 1 fully saturated rings. The van der Waals surface area contributed by atoms with E-state index in [0.717, 1.165) is 56.7 Å². The number of hydrogen-bond donors (Lipinski definition) is 0. The smallest absolute Gasteiger partial charge is 0.234 e. The number of hydrogen-bond acceptors (Lipinski definition) is 7. The predicted octanol–water partition coefficient (Wildman–Crippen LogP) is 5.34. The van der Waals surface area contributed by atoms with E-state index in [2.05, 4.69) is 49.4 Å². The van der Waals surface area contributed by atoms with Crippen molar-refractivity contribution >= 4 is 17.5 Å². The number of imidazole rings is 1. The zero-order valence-electron chi connectivity index (χ0n) is 20.8. The second kappa shape index (κ2) is 10.3. The molecule has 1 saturated carbocycles. The zero-order valence-corrected chi connectivity index (χ0v) is 21.6. The highest BCUT2D eigenvalue weighted by atomic mass is 32.2. The molecule has 0 spiro atoms. The lowest BCUT2D eigenvalue weighted by Crippen LogP contribution is -2.17. The van der Waals surface area contributed by atoms with Gasteiger partial charge in [-0.05, 0) is 50.5 Å². The molecule has 3 heterocycles. The van der Waals surface area contributed by atoms with Crippen LogP contribution in [0.3, 0.4) is 0 Å². The molecule has 4 aromatic rings. The summed E-state index contributed by atoms with van der Waals surface area (Å²) in [5, 5.41) is 10.2. The van der Waals surface area contributed by atoms with Gasteiger partial charge in [0.2, 0.25) is 5.78 Å². The van der Waals surface area contributed by atoms with E-state index in [4.69, 9.17) is 14.5 Å². The third-order valence-corrected chi connectivity index (χ3v) is 7.62. The molecular formula is C26H32N6O2S. The Morgan fingerprint density at radius 2 is 1.77 bits per heavy atom. The van der Waals surface area contributed by atoms with Crippen LogP contribution >= 0.6 is 11.8 Å². The normalized spacial score (nSPS) is 14.5. The van der Waals surface area contributed by atoms with Gasteiger partial charge in [-0.2, -0.15) is 0 Å². The first-order valence-electron chi connectivity index (χ1n) is 12.2. The second-order valence-electron chi connectivity index (χ2n) is 9.16. The van der Waals surface area contributed by atoms with E-state index in [9.17, 15) is 0 Å². The molecule has 1 aliphatic rings. The number of aryl methyl sites for hydroxylation is 2. The monoisotopic (exact) mass is 492 g/mol. The predicted molar refractivity (Wildman–Crippen MR) is 137 cm³/mol. The SMILES string of the molecule is COc1ccc(Cc2nnc(SCc3cn4c(C)cc(C)nc4n3)n2C2CCCCC2)cc1OC. The van der Waals surface area contributed by atoms with Crippen LogP contribution in [0, 0.1) is 13.8 Å². The zero-order chi connectivity index (χ0) is 24.4. The summed E-state index contributed by atoms with van der Waals surface area (Å²) in [6.07, 6.45) is 8.91. The summed E-state index contributed by atoms with van der Waals surface area (Å²) in [6.45, 7) is 4.09. The summed E-state index contributed by atoms with van der Waals surface area (Å²) >= 11 is 1.71. The van der Waals surface area contributed by atoms with Crippen LogP contribution in [-0.2, 0) is 12.2 Å². The molecule has 0 amide bonds. The largest absolute Gasteiger partial charge is 0.493 e. The van der Waals surface area contributed by atoms with Crippen LogP contribution in [0.25, 0.3) is 5.78 Å². The van der Waals surface area contributed by atoms with Crippen molar-refractivity contribution in [3.05, 3.63) is 58.9 Å². The highest BCUT2D eigenvalue weighted by Crippen LogP contribution is 2.35. The number of thioether (sulfide) groups is 1. The lowest BCUT2D eigenvalue weighted by Gasteiger charge is -2.25. The lowest BCUT2D eigenvalue weighted by molar-refractivity contribution is 0.330. The molecule has 9 heteroatoms. The molecule has 0 atom stereocenters. The highest BCUT2D eigenvalue weighted by molar-refractivity contribution is 7.98. The van der Waals surface area contributed by atoms with Crippen molar-refractivity contribution in [3.63, 3.8) is 0 Å². The maximum Gasteiger partial charge on any atom is 0.234 e. The summed E-state index contributed by atoms with van der Waals surface area (Å²) in [5.41, 5.74) is 4.24. The highest BCUT2D eigenvalue weighted by Gasteiger charge is 2.24. The average molecular weight is 493 g/mol. The standard InChI is InChI=1S/C26H32N6O2S/c1-17-12-18(2)31-15-20(28-25(31)27-17)16-35-26-30-29-24(32(26)21-8-6-5-7-9-21)14-19-10-11-22(33-3)23(13-19)34-4/h10-13,15,21H,5-9,14,16H2,1-4H3. The molecule has 0 radical (unpaired) electrons. The van der Waals surface area contributed by atoms with E-state index in [-0.39, 0.29) is 0 Å². The van der Waals surface area contributed by atoms with Gasteiger partial charge in [-0.3, -0.25) is 4.40 Å². The van der Waals surface area contributed by atoms with Gasteiger partial charge in [-0.25, -0.2) is 9.97 Å². The van der Waals surface area contributed by atoms with E-state index < -0.39 is 0 Å². The number of nitrogens with zero attached hydrogens (tertiary/aromatic N) is 6. The Hall–Kier alpha value is -3.07. The third kappa shape index (κ3) is 5.00. The second-order valence-corrected chi connectivity index (χ2v) is 10.1. The molecule has 8 nitrogen and oxygen atoms in total. The van der Waals surface area contributed by atoms with Gasteiger partial charge in [0, 0.05) is 35.8 Å². The minimum atomic E-state index is 0.434. The quantitative estimate of drug-likeness (QED) is 0.307. The van der Waals surface area contributed by atoms with Gasteiger partial charge in [-0.15, -0.1) is 10.2 Å². The maximum atomic E-state index is 5.51. The molecule has 35 heavy (non-hydrogen) atoms. The minimum Gasteiger partial charge on any atom is -0.493 e. The van der Waals surface area contributed by atoms with Gasteiger partial charge in [0.05, 0.1) is 19.9 Å². The first-order valence-corrected chi connectivity index (χ1v) is 13.1. The van der Waals surface area contributed by atoms with Crippen LogP contribution in [-0.4, -0.2) is 43.4 Å². The first kappa shape index (κ1) is 23.7. The fraction of sp³-hybridized carbons (Fsp3) is 0.462. The van der Waals surface area contributed by atoms with Gasteiger partial charge in [0.25, 0.3) is 0 Å². The van der Waals surface area contributed by atoms with Gasteiger partial charge in [0.1, 0.15) is 5.82 Å². The van der Waals surface area contributed by atoms with Crippen LogP contribution in [0.1, 0.15) is 66.6 Å². The Bertz CT molecular complexity index is 1330. The van der Waals surface area contributed by atoms with Crippen LogP contribution in [0.5, 0.6) is 11.5 Å². The molecular weight excluding hydrogens is 460 g/mol. The van der Waals surface area contributed by atoms with Crippen LogP contribution < -0.4 is 9.47 Å². The Morgan fingerprint density at radius 3 is 2.54 bits per heavy atom. The Balaban J connectivity index is 1.41. The number of fused-ring (bicyclic) bond motifs is 1. The van der Waals surface area contributed by atoms with Crippen molar-refractivity contribution in [2.45, 2.75) is 69.3 Å². The van der Waals surface area contributed by atoms with Gasteiger partial charge < -0.3 is 14.0 Å². The average Bonchev–Trinajstić information content (AvgIpc) is 3.47. The van der Waals surface area contributed by atoms with Crippen molar-refractivity contribution in [2.75, 3.05) is 14.2 Å². The van der Waals surface area contributed by atoms with Crippen LogP contribution in [0.4, 0.5) is 0 Å². The molecule has 1 aromatic carbocycles. The number of aromatic nitrogens is 6. The fourth-order valence-electron chi connectivity index (χ4n) is 4.93. The maximum absolute atomic E-state index is 5.51. The molecule has 0 saturated heterocycles. The molecule has 3 aromatic heterocycles.